The van der Waals surface area contributed by atoms with Gasteiger partial charge in [-0.15, -0.1) is 0 Å². The number of anilines is 1. The number of ether oxygens (including phenoxy) is 1. The summed E-state index contributed by atoms with van der Waals surface area (Å²) < 4.78 is 7.20. The van der Waals surface area contributed by atoms with Crippen LogP contribution in [0.25, 0.3) is 11.0 Å². The van der Waals surface area contributed by atoms with Crippen LogP contribution in [0.1, 0.15) is 59.2 Å². The summed E-state index contributed by atoms with van der Waals surface area (Å²) >= 11 is 6.44. The highest BCUT2D eigenvalue weighted by molar-refractivity contribution is 6.32. The zero-order valence-corrected chi connectivity index (χ0v) is 20.4. The first-order chi connectivity index (χ1) is 16.4. The Kier molecular flexibility index (Phi) is 7.41. The largest absolute Gasteiger partial charge is 0.383 e. The number of nitrogens with one attached hydrogen (secondary N) is 3. The number of aromatic nitrogens is 4. The normalized spacial score (nSPS) is 17.1. The Morgan fingerprint density at radius 2 is 2.15 bits per heavy atom. The summed E-state index contributed by atoms with van der Waals surface area (Å²) in [7, 11) is 3.41. The van der Waals surface area contributed by atoms with Crippen LogP contribution in [0.4, 0.5) is 5.82 Å². The van der Waals surface area contributed by atoms with Crippen LogP contribution < -0.4 is 16.4 Å². The molecule has 1 saturated heterocycles. The highest BCUT2D eigenvalue weighted by Crippen LogP contribution is 2.39. The molecular formula is C24H30ClN7O2. The molecule has 0 bridgehead atoms. The Morgan fingerprint density at radius 3 is 2.76 bits per heavy atom. The molecule has 5 rings (SSSR count). The van der Waals surface area contributed by atoms with Crippen LogP contribution in [-0.4, -0.2) is 59.0 Å². The minimum atomic E-state index is -0.604. The number of methoxy groups -OCH3 is 1. The molecule has 3 heterocycles. The Labute approximate surface area is 203 Å². The van der Waals surface area contributed by atoms with Crippen molar-refractivity contribution in [3.63, 3.8) is 0 Å². The molecule has 9 nitrogen and oxygen atoms in total. The quantitative estimate of drug-likeness (QED) is 0.414. The molecule has 1 saturated carbocycles. The third-order valence-electron chi connectivity index (χ3n) is 5.97. The summed E-state index contributed by atoms with van der Waals surface area (Å²) in [5.74, 6) is 6.63. The van der Waals surface area contributed by atoms with Crippen molar-refractivity contribution >= 4 is 34.4 Å². The molecule has 3 aromatic rings. The number of carbonyl (C=O) groups excluding carboxylic acids is 1. The third kappa shape index (κ3) is 5.20. The lowest BCUT2D eigenvalue weighted by Crippen LogP contribution is -2.25. The van der Waals surface area contributed by atoms with Gasteiger partial charge < -0.3 is 25.7 Å². The van der Waals surface area contributed by atoms with Crippen molar-refractivity contribution in [2.24, 2.45) is 5.73 Å². The van der Waals surface area contributed by atoms with Crippen molar-refractivity contribution in [2.75, 3.05) is 32.6 Å². The Bertz CT molecular complexity index is 1240. The smallest absolute Gasteiger partial charge is 0.255 e. The molecule has 1 aromatic carbocycles. The maximum atomic E-state index is 11.6. The molecule has 1 amide bonds. The molecule has 0 radical (unpaired) electrons. The summed E-state index contributed by atoms with van der Waals surface area (Å²) in [6.07, 6.45) is 4.95. The van der Waals surface area contributed by atoms with Crippen molar-refractivity contribution < 1.29 is 9.53 Å². The van der Waals surface area contributed by atoms with E-state index in [1.54, 1.807) is 14.2 Å². The van der Waals surface area contributed by atoms with Gasteiger partial charge in [-0.25, -0.2) is 4.98 Å². The molecule has 1 unspecified atom stereocenters. The standard InChI is InChI=1S/C18H17ClN6O.C6H13NO/c1-9-22-14-7-10(12(19)8-15(14)25(9)11-4-5-11)3-6-13-16(17(20)26)18(21-2)24-23-13;1-8-5-6-3-2-4-7-6/h7-8,11H,4-5H2,1-2H3,(H2,20,26)(H2,21,23,24);6-7H,2-5H2,1H3. The van der Waals surface area contributed by atoms with Gasteiger partial charge in [-0.05, 0) is 57.2 Å². The first-order valence-electron chi connectivity index (χ1n) is 11.4. The lowest BCUT2D eigenvalue weighted by Gasteiger charge is -2.05. The number of rotatable bonds is 5. The second kappa shape index (κ2) is 10.5. The van der Waals surface area contributed by atoms with Crippen LogP contribution >= 0.6 is 11.6 Å². The van der Waals surface area contributed by atoms with E-state index in [1.807, 2.05) is 19.1 Å². The summed E-state index contributed by atoms with van der Waals surface area (Å²) in [5, 5.41) is 13.4. The highest BCUT2D eigenvalue weighted by atomic mass is 35.5. The van der Waals surface area contributed by atoms with E-state index in [2.05, 4.69) is 42.2 Å². The average molecular weight is 484 g/mol. The summed E-state index contributed by atoms with van der Waals surface area (Å²) in [6.45, 7) is 4.05. The van der Waals surface area contributed by atoms with Gasteiger partial charge in [0.15, 0.2) is 5.82 Å². The first kappa shape index (κ1) is 24.1. The maximum Gasteiger partial charge on any atom is 0.255 e. The van der Waals surface area contributed by atoms with Crippen molar-refractivity contribution in [2.45, 2.75) is 44.7 Å². The van der Waals surface area contributed by atoms with E-state index in [0.717, 1.165) is 23.5 Å². The lowest BCUT2D eigenvalue weighted by atomic mass is 10.1. The van der Waals surface area contributed by atoms with Gasteiger partial charge >= 0.3 is 0 Å². The van der Waals surface area contributed by atoms with Crippen molar-refractivity contribution in [1.29, 1.82) is 0 Å². The number of H-pyrrole nitrogens is 1. The summed E-state index contributed by atoms with van der Waals surface area (Å²) in [4.78, 5) is 16.3. The first-order valence-corrected chi connectivity index (χ1v) is 11.8. The minimum Gasteiger partial charge on any atom is -0.383 e. The number of nitrogens with two attached hydrogens (primary N) is 1. The molecule has 1 aliphatic heterocycles. The number of fused-ring (bicyclic) bond motifs is 1. The molecule has 5 N–H and O–H groups in total. The lowest BCUT2D eigenvalue weighted by molar-refractivity contribution is 0.100. The van der Waals surface area contributed by atoms with Crippen LogP contribution in [0, 0.1) is 18.8 Å². The highest BCUT2D eigenvalue weighted by Gasteiger charge is 2.27. The molecule has 2 aliphatic rings. The number of aryl methyl sites for hydroxylation is 1. The number of imidazole rings is 1. The van der Waals surface area contributed by atoms with Gasteiger partial charge in [0, 0.05) is 31.8 Å². The number of benzene rings is 1. The fourth-order valence-electron chi connectivity index (χ4n) is 4.21. The fraction of sp³-hybridized carbons (Fsp3) is 0.458. The number of primary amides is 1. The van der Waals surface area contributed by atoms with E-state index >= 15 is 0 Å². The van der Waals surface area contributed by atoms with Gasteiger partial charge in [-0.3, -0.25) is 9.89 Å². The predicted molar refractivity (Wildman–Crippen MR) is 133 cm³/mol. The molecular weight excluding hydrogens is 454 g/mol. The van der Waals surface area contributed by atoms with Gasteiger partial charge in [0.05, 0.1) is 22.7 Å². The molecule has 180 valence electrons. The third-order valence-corrected chi connectivity index (χ3v) is 6.28. The number of hydrogen-bond donors (Lipinski definition) is 4. The number of halogens is 1. The van der Waals surface area contributed by atoms with Gasteiger partial charge in [-0.1, -0.05) is 17.5 Å². The summed E-state index contributed by atoms with van der Waals surface area (Å²) in [5.41, 5.74) is 8.51. The van der Waals surface area contributed by atoms with Crippen LogP contribution in [0.5, 0.6) is 0 Å². The number of hydrogen-bond acceptors (Lipinski definition) is 6. The molecule has 2 aromatic heterocycles. The summed E-state index contributed by atoms with van der Waals surface area (Å²) in [6, 6.07) is 4.94. The van der Waals surface area contributed by atoms with Crippen molar-refractivity contribution in [3.8, 4) is 11.8 Å². The SMILES string of the molecule is CNc1n[nH]c(C#Cc2cc3nc(C)n(C4CC4)c3cc2Cl)c1C(N)=O.COCC1CCCN1. The van der Waals surface area contributed by atoms with E-state index in [9.17, 15) is 4.79 Å². The number of amides is 1. The number of carbonyl (C=O) groups is 1. The molecule has 2 fully saturated rings. The van der Waals surface area contributed by atoms with Gasteiger partial charge in [0.1, 0.15) is 17.1 Å². The van der Waals surface area contributed by atoms with Gasteiger partial charge in [0.2, 0.25) is 0 Å². The van der Waals surface area contributed by atoms with Crippen LogP contribution in [-0.2, 0) is 4.74 Å². The predicted octanol–water partition coefficient (Wildman–Crippen LogP) is 2.98. The van der Waals surface area contributed by atoms with Crippen LogP contribution in [0.15, 0.2) is 12.1 Å². The second-order valence-corrected chi connectivity index (χ2v) is 8.92. The Hall–Kier alpha value is -3.06. The minimum absolute atomic E-state index is 0.228. The second-order valence-electron chi connectivity index (χ2n) is 8.52. The van der Waals surface area contributed by atoms with E-state index in [0.29, 0.717) is 34.2 Å². The zero-order chi connectivity index (χ0) is 24.2. The molecule has 1 aliphatic carbocycles. The fourth-order valence-corrected chi connectivity index (χ4v) is 4.41. The van der Waals surface area contributed by atoms with E-state index in [-0.39, 0.29) is 5.56 Å². The maximum absolute atomic E-state index is 11.6. The van der Waals surface area contributed by atoms with E-state index in [4.69, 9.17) is 22.1 Å². The van der Waals surface area contributed by atoms with Gasteiger partial charge in [-0.2, -0.15) is 5.10 Å². The molecule has 10 heteroatoms. The topological polar surface area (TPSA) is 123 Å². The number of nitrogens with zero attached hydrogens (tertiary/aromatic N) is 3. The van der Waals surface area contributed by atoms with Gasteiger partial charge in [0.25, 0.3) is 5.91 Å². The van der Waals surface area contributed by atoms with E-state index in [1.165, 1.54) is 32.2 Å². The van der Waals surface area contributed by atoms with Crippen molar-refractivity contribution in [3.05, 3.63) is 39.8 Å². The monoisotopic (exact) mass is 483 g/mol. The molecule has 34 heavy (non-hydrogen) atoms. The Balaban J connectivity index is 0.000000291. The average Bonchev–Trinajstić information content (AvgIpc) is 3.20. The zero-order valence-electron chi connectivity index (χ0n) is 19.7. The molecule has 0 spiro atoms. The molecule has 1 atom stereocenters. The Morgan fingerprint density at radius 1 is 1.35 bits per heavy atom. The van der Waals surface area contributed by atoms with Crippen molar-refractivity contribution in [1.82, 2.24) is 25.1 Å². The number of aromatic amines is 1. The van der Waals surface area contributed by atoms with E-state index < -0.39 is 5.91 Å². The van der Waals surface area contributed by atoms with Crippen LogP contribution in [0.2, 0.25) is 5.02 Å². The van der Waals surface area contributed by atoms with Crippen LogP contribution in [0.3, 0.4) is 0 Å².